The lowest BCUT2D eigenvalue weighted by Crippen LogP contribution is -2.30. The number of hydrogen-bond donors (Lipinski definition) is 0. The van der Waals surface area contributed by atoms with Crippen LogP contribution in [0, 0.1) is 0 Å². The number of hydrogen-bond acceptors (Lipinski definition) is 5. The van der Waals surface area contributed by atoms with E-state index in [-0.39, 0.29) is 25.2 Å². The summed E-state index contributed by atoms with van der Waals surface area (Å²) in [6.45, 7) is 7.62. The molecule has 0 N–H and O–H groups in total. The van der Waals surface area contributed by atoms with Crippen molar-refractivity contribution < 1.29 is 23.8 Å². The first-order chi connectivity index (χ1) is 33.6. The van der Waals surface area contributed by atoms with Crippen molar-refractivity contribution in [2.24, 2.45) is 0 Å². The number of esters is 2. The summed E-state index contributed by atoms with van der Waals surface area (Å²) in [5.41, 5.74) is 0. The van der Waals surface area contributed by atoms with Gasteiger partial charge in [-0.05, 0) is 109 Å². The second-order valence-corrected chi connectivity index (χ2v) is 18.8. The highest BCUT2D eigenvalue weighted by atomic mass is 16.6. The molecule has 0 aliphatic rings. The third-order valence-corrected chi connectivity index (χ3v) is 12.1. The standard InChI is InChI=1S/C63H108O5/c1-4-7-10-13-16-19-22-25-27-29-31-33-35-37-40-43-46-49-52-55-58-66-59-61(68-63(65)57-54-51-48-45-42-38-24-21-18-15-12-9-6-3)60-67-62(64)56-53-50-47-44-41-39-36-34-32-30-28-26-23-20-17-14-11-8-5-2/h8,11,17,20-21,24-28,32,34,39,41,47,50,61H,4-7,9-10,12-16,18-19,22-23,29-31,33,35-38,40,42-46,48-49,51-60H2,1-3H3/b11-8-,20-17-,24-21-,27-25-,28-26-,34-32-,41-39-,50-47-. The van der Waals surface area contributed by atoms with E-state index in [0.717, 1.165) is 77.0 Å². The third-order valence-electron chi connectivity index (χ3n) is 12.1. The van der Waals surface area contributed by atoms with Crippen molar-refractivity contribution in [1.82, 2.24) is 0 Å². The van der Waals surface area contributed by atoms with Crippen LogP contribution in [0.3, 0.4) is 0 Å². The van der Waals surface area contributed by atoms with Crippen LogP contribution in [0.2, 0.25) is 0 Å². The Labute approximate surface area is 422 Å². The van der Waals surface area contributed by atoms with E-state index in [1.54, 1.807) is 0 Å². The van der Waals surface area contributed by atoms with Crippen LogP contribution in [0.15, 0.2) is 97.2 Å². The predicted octanol–water partition coefficient (Wildman–Crippen LogP) is 19.8. The van der Waals surface area contributed by atoms with Gasteiger partial charge in [0.2, 0.25) is 0 Å². The summed E-state index contributed by atoms with van der Waals surface area (Å²) in [5.74, 6) is -0.502. The third kappa shape index (κ3) is 55.4. The molecule has 1 unspecified atom stereocenters. The van der Waals surface area contributed by atoms with Crippen molar-refractivity contribution >= 4 is 11.9 Å². The molecule has 0 aliphatic heterocycles. The van der Waals surface area contributed by atoms with E-state index < -0.39 is 6.10 Å². The van der Waals surface area contributed by atoms with Crippen LogP contribution in [-0.4, -0.2) is 37.9 Å². The van der Waals surface area contributed by atoms with Crippen LogP contribution in [0.4, 0.5) is 0 Å². The zero-order chi connectivity index (χ0) is 49.2. The first-order valence-corrected chi connectivity index (χ1v) is 28.8. The minimum atomic E-state index is -0.577. The van der Waals surface area contributed by atoms with Crippen molar-refractivity contribution in [1.29, 1.82) is 0 Å². The molecule has 0 aromatic carbocycles. The quantitative estimate of drug-likeness (QED) is 0.0345. The molecule has 0 bridgehead atoms. The highest BCUT2D eigenvalue weighted by molar-refractivity contribution is 5.70. The van der Waals surface area contributed by atoms with Crippen LogP contribution in [0.5, 0.6) is 0 Å². The number of ether oxygens (including phenoxy) is 3. The van der Waals surface area contributed by atoms with E-state index in [1.165, 1.54) is 148 Å². The van der Waals surface area contributed by atoms with Crippen LogP contribution >= 0.6 is 0 Å². The maximum absolute atomic E-state index is 12.8. The van der Waals surface area contributed by atoms with Gasteiger partial charge in [-0.25, -0.2) is 0 Å². The monoisotopic (exact) mass is 945 g/mol. The van der Waals surface area contributed by atoms with Gasteiger partial charge in [0, 0.05) is 19.4 Å². The van der Waals surface area contributed by atoms with Gasteiger partial charge in [-0.2, -0.15) is 0 Å². The van der Waals surface area contributed by atoms with E-state index in [2.05, 4.69) is 112 Å². The fraction of sp³-hybridized carbons (Fsp3) is 0.714. The highest BCUT2D eigenvalue weighted by Gasteiger charge is 2.17. The molecule has 0 amide bonds. The van der Waals surface area contributed by atoms with Gasteiger partial charge < -0.3 is 14.2 Å². The van der Waals surface area contributed by atoms with Crippen LogP contribution in [0.1, 0.15) is 265 Å². The molecule has 68 heavy (non-hydrogen) atoms. The SMILES string of the molecule is CC/C=C\C/C=C\C/C=C\C/C=C\C/C=C\C/C=C\CCC(=O)OCC(COCCCCCCCCCCCC/C=C\CCCCCCCC)OC(=O)CCCCCCC/C=C\CCCCCC. The molecule has 0 saturated carbocycles. The molecule has 0 heterocycles. The Hall–Kier alpha value is -3.18. The van der Waals surface area contributed by atoms with Crippen molar-refractivity contribution in [3.63, 3.8) is 0 Å². The normalized spacial score (nSPS) is 12.9. The summed E-state index contributed by atoms with van der Waals surface area (Å²) in [5, 5.41) is 0. The van der Waals surface area contributed by atoms with Gasteiger partial charge in [-0.1, -0.05) is 240 Å². The first-order valence-electron chi connectivity index (χ1n) is 28.8. The molecule has 5 heteroatoms. The summed E-state index contributed by atoms with van der Waals surface area (Å²) < 4.78 is 17.4. The zero-order valence-electron chi connectivity index (χ0n) is 44.8. The smallest absolute Gasteiger partial charge is 0.306 e. The summed E-state index contributed by atoms with van der Waals surface area (Å²) >= 11 is 0. The van der Waals surface area contributed by atoms with E-state index in [9.17, 15) is 9.59 Å². The number of rotatable bonds is 52. The van der Waals surface area contributed by atoms with Gasteiger partial charge >= 0.3 is 11.9 Å². The van der Waals surface area contributed by atoms with Crippen molar-refractivity contribution in [3.05, 3.63) is 97.2 Å². The van der Waals surface area contributed by atoms with Gasteiger partial charge in [0.15, 0.2) is 6.10 Å². The second-order valence-electron chi connectivity index (χ2n) is 18.8. The topological polar surface area (TPSA) is 61.8 Å². The van der Waals surface area contributed by atoms with Gasteiger partial charge in [0.25, 0.3) is 0 Å². The Balaban J connectivity index is 4.36. The van der Waals surface area contributed by atoms with E-state index in [1.807, 2.05) is 6.08 Å². The largest absolute Gasteiger partial charge is 0.462 e. The molecular formula is C63H108O5. The average molecular weight is 946 g/mol. The van der Waals surface area contributed by atoms with Crippen LogP contribution in [-0.2, 0) is 23.8 Å². The van der Waals surface area contributed by atoms with Crippen molar-refractivity contribution in [2.75, 3.05) is 19.8 Å². The molecule has 0 spiro atoms. The fourth-order valence-electron chi connectivity index (χ4n) is 7.82. The molecule has 0 fully saturated rings. The summed E-state index contributed by atoms with van der Waals surface area (Å²) in [7, 11) is 0. The zero-order valence-corrected chi connectivity index (χ0v) is 44.8. The van der Waals surface area contributed by atoms with Crippen LogP contribution in [0.25, 0.3) is 0 Å². The lowest BCUT2D eigenvalue weighted by atomic mass is 10.1. The minimum Gasteiger partial charge on any atom is -0.462 e. The first kappa shape index (κ1) is 64.8. The van der Waals surface area contributed by atoms with Crippen LogP contribution < -0.4 is 0 Å². The number of unbranched alkanes of at least 4 members (excludes halogenated alkanes) is 25. The Morgan fingerprint density at radius 3 is 1.13 bits per heavy atom. The Morgan fingerprint density at radius 1 is 0.338 bits per heavy atom. The molecular weight excluding hydrogens is 837 g/mol. The molecule has 0 radical (unpaired) electrons. The fourth-order valence-corrected chi connectivity index (χ4v) is 7.82. The number of allylic oxidation sites excluding steroid dienone is 16. The minimum absolute atomic E-state index is 0.0381. The Morgan fingerprint density at radius 2 is 0.691 bits per heavy atom. The van der Waals surface area contributed by atoms with Gasteiger partial charge in [0.05, 0.1) is 6.61 Å². The molecule has 0 saturated heterocycles. The molecule has 0 aromatic heterocycles. The van der Waals surface area contributed by atoms with E-state index >= 15 is 0 Å². The second kappa shape index (κ2) is 58.1. The van der Waals surface area contributed by atoms with Gasteiger partial charge in [0.1, 0.15) is 6.61 Å². The Kier molecular flexibility index (Phi) is 55.4. The van der Waals surface area contributed by atoms with Crippen molar-refractivity contribution in [2.45, 2.75) is 271 Å². The lowest BCUT2D eigenvalue weighted by molar-refractivity contribution is -0.162. The summed E-state index contributed by atoms with van der Waals surface area (Å²) in [4.78, 5) is 25.4. The van der Waals surface area contributed by atoms with E-state index in [4.69, 9.17) is 14.2 Å². The molecule has 1 atom stereocenters. The molecule has 5 nitrogen and oxygen atoms in total. The summed E-state index contributed by atoms with van der Waals surface area (Å²) in [6, 6.07) is 0. The van der Waals surface area contributed by atoms with Crippen molar-refractivity contribution in [3.8, 4) is 0 Å². The maximum Gasteiger partial charge on any atom is 0.306 e. The highest BCUT2D eigenvalue weighted by Crippen LogP contribution is 2.14. The Bertz CT molecular complexity index is 1300. The van der Waals surface area contributed by atoms with E-state index in [0.29, 0.717) is 25.9 Å². The molecule has 0 aliphatic carbocycles. The summed E-state index contributed by atoms with van der Waals surface area (Å²) in [6.07, 6.45) is 78.7. The number of carbonyl (C=O) groups excluding carboxylic acids is 2. The average Bonchev–Trinajstić information content (AvgIpc) is 3.34. The lowest BCUT2D eigenvalue weighted by Gasteiger charge is -2.18. The molecule has 0 rings (SSSR count). The molecule has 390 valence electrons. The van der Waals surface area contributed by atoms with Gasteiger partial charge in [-0.3, -0.25) is 9.59 Å². The molecule has 0 aromatic rings. The number of carbonyl (C=O) groups is 2. The maximum atomic E-state index is 12.8. The predicted molar refractivity (Wildman–Crippen MR) is 297 cm³/mol. The van der Waals surface area contributed by atoms with Gasteiger partial charge in [-0.15, -0.1) is 0 Å².